The molecule has 2 aliphatic carbocycles. The fourth-order valence-electron chi connectivity index (χ4n) is 9.21. The van der Waals surface area contributed by atoms with Crippen LogP contribution in [-0.4, -0.2) is 136 Å². The lowest BCUT2D eigenvalue weighted by Gasteiger charge is -2.36. The molecule has 0 spiro atoms. The second-order valence-corrected chi connectivity index (χ2v) is 16.7. The van der Waals surface area contributed by atoms with Crippen molar-refractivity contribution in [1.82, 2.24) is 39.1 Å². The van der Waals surface area contributed by atoms with Crippen LogP contribution in [0.4, 0.5) is 11.4 Å². The third-order valence-corrected chi connectivity index (χ3v) is 12.8. The molecule has 304 valence electrons. The second-order valence-electron chi connectivity index (χ2n) is 16.1. The summed E-state index contributed by atoms with van der Waals surface area (Å²) in [5.74, 6) is 2.70. The third-order valence-electron chi connectivity index (χ3n) is 12.8. The first kappa shape index (κ1) is 40.5. The summed E-state index contributed by atoms with van der Waals surface area (Å²) in [7, 11) is 0. The van der Waals surface area contributed by atoms with Crippen LogP contribution in [0.25, 0.3) is 22.1 Å². The minimum absolute atomic E-state index is 0. The van der Waals surface area contributed by atoms with Gasteiger partial charge in [-0.1, -0.05) is 20.3 Å². The van der Waals surface area contributed by atoms with Gasteiger partial charge in [0.15, 0.2) is 0 Å². The van der Waals surface area contributed by atoms with E-state index in [1.165, 1.54) is 98.1 Å². The molecular formula is C43H63ClN10O2. The standard InChI is InChI=1S/C21H29N5O.C19H27N5.C2H3ClO.CH4/c1-16(27)23-9-11-25(12-10-23)18-5-6-20-19(15-18)22-21-7-8-24(13-14-26(20)21)17-3-2-4-17;1-2-15(3-1)22-9-6-19-21-17-14-16(23-10-7-20-8-11-23)4-5-18(17)24(19)13-12-22;1-2(3)4;/h5-6,15,17H,2-4,7-14H2,1H3;4-5,14-15,20H,1-3,6-13H2;1H3;1H4. The number of rotatable bonds is 4. The monoisotopic (exact) mass is 786 g/mol. The molecule has 0 radical (unpaired) electrons. The van der Waals surface area contributed by atoms with E-state index in [9.17, 15) is 9.59 Å². The topological polar surface area (TPSA) is 98.0 Å². The van der Waals surface area contributed by atoms with Crippen molar-refractivity contribution in [1.29, 1.82) is 0 Å². The van der Waals surface area contributed by atoms with Gasteiger partial charge in [-0.15, -0.1) is 0 Å². The van der Waals surface area contributed by atoms with E-state index < -0.39 is 0 Å². The number of halogens is 1. The molecule has 6 heterocycles. The van der Waals surface area contributed by atoms with Gasteiger partial charge in [-0.05, 0) is 73.7 Å². The van der Waals surface area contributed by atoms with Crippen molar-refractivity contribution in [2.45, 2.75) is 97.8 Å². The van der Waals surface area contributed by atoms with E-state index in [-0.39, 0.29) is 18.6 Å². The number of benzene rings is 2. The number of imidazole rings is 2. The molecular weight excluding hydrogens is 724 g/mol. The van der Waals surface area contributed by atoms with Gasteiger partial charge in [-0.25, -0.2) is 9.97 Å². The molecule has 6 aliphatic rings. The van der Waals surface area contributed by atoms with Crippen LogP contribution in [-0.2, 0) is 35.5 Å². The summed E-state index contributed by atoms with van der Waals surface area (Å²) >= 11 is 4.64. The normalized spacial score (nSPS) is 20.9. The van der Waals surface area contributed by atoms with Gasteiger partial charge >= 0.3 is 0 Å². The van der Waals surface area contributed by atoms with Crippen LogP contribution in [0.2, 0.25) is 0 Å². The molecule has 0 atom stereocenters. The Labute approximate surface area is 338 Å². The fraction of sp³-hybridized carbons (Fsp3) is 0.628. The first-order valence-corrected chi connectivity index (χ1v) is 21.3. The Morgan fingerprint density at radius 1 is 0.625 bits per heavy atom. The largest absolute Gasteiger partial charge is 0.369 e. The third kappa shape index (κ3) is 9.03. The highest BCUT2D eigenvalue weighted by atomic mass is 35.5. The van der Waals surface area contributed by atoms with Crippen LogP contribution in [0.1, 0.15) is 71.4 Å². The lowest BCUT2D eigenvalue weighted by molar-refractivity contribution is -0.129. The van der Waals surface area contributed by atoms with Crippen molar-refractivity contribution < 1.29 is 9.59 Å². The van der Waals surface area contributed by atoms with Gasteiger partial charge in [-0.3, -0.25) is 19.4 Å². The van der Waals surface area contributed by atoms with E-state index in [4.69, 9.17) is 9.97 Å². The van der Waals surface area contributed by atoms with Crippen molar-refractivity contribution in [3.05, 3.63) is 48.0 Å². The Hall–Kier alpha value is -3.71. The summed E-state index contributed by atoms with van der Waals surface area (Å²) in [6.45, 7) is 17.5. The summed E-state index contributed by atoms with van der Waals surface area (Å²) in [5.41, 5.74) is 7.45. The molecule has 56 heavy (non-hydrogen) atoms. The number of carbonyl (C=O) groups excluding carboxylic acids is 2. The smallest absolute Gasteiger partial charge is 0.219 e. The lowest BCUT2D eigenvalue weighted by atomic mass is 9.91. The minimum atomic E-state index is -0.361. The molecule has 13 heteroatoms. The number of nitrogens with one attached hydrogen (secondary N) is 1. The maximum atomic E-state index is 11.5. The highest BCUT2D eigenvalue weighted by molar-refractivity contribution is 6.62. The highest BCUT2D eigenvalue weighted by Gasteiger charge is 2.29. The van der Waals surface area contributed by atoms with Gasteiger partial charge in [0.2, 0.25) is 11.1 Å². The Kier molecular flexibility index (Phi) is 13.2. The zero-order chi connectivity index (χ0) is 37.9. The van der Waals surface area contributed by atoms with Crippen LogP contribution in [0.15, 0.2) is 36.4 Å². The van der Waals surface area contributed by atoms with Crippen molar-refractivity contribution in [2.24, 2.45) is 0 Å². The van der Waals surface area contributed by atoms with E-state index >= 15 is 0 Å². The van der Waals surface area contributed by atoms with Crippen LogP contribution >= 0.6 is 11.6 Å². The maximum absolute atomic E-state index is 11.5. The number of anilines is 2. The van der Waals surface area contributed by atoms with Crippen LogP contribution < -0.4 is 15.1 Å². The van der Waals surface area contributed by atoms with E-state index in [1.807, 2.05) is 4.90 Å². The number of aromatic nitrogens is 4. The molecule has 10 rings (SSSR count). The molecule has 12 nitrogen and oxygen atoms in total. The van der Waals surface area contributed by atoms with E-state index in [1.54, 1.807) is 6.92 Å². The van der Waals surface area contributed by atoms with Gasteiger partial charge in [-0.2, -0.15) is 0 Å². The minimum Gasteiger partial charge on any atom is -0.369 e. The number of hydrogen-bond donors (Lipinski definition) is 1. The molecule has 4 aromatic rings. The number of nitrogens with zero attached hydrogens (tertiary/aromatic N) is 9. The number of carbonyl (C=O) groups is 2. The fourth-order valence-corrected chi connectivity index (χ4v) is 9.21. The first-order chi connectivity index (χ1) is 26.8. The van der Waals surface area contributed by atoms with Crippen LogP contribution in [0.3, 0.4) is 0 Å². The van der Waals surface area contributed by atoms with Gasteiger partial charge in [0.05, 0.1) is 22.1 Å². The molecule has 0 unspecified atom stereocenters. The molecule has 2 saturated carbocycles. The Morgan fingerprint density at radius 3 is 1.48 bits per heavy atom. The Balaban J connectivity index is 0.000000155. The highest BCUT2D eigenvalue weighted by Crippen LogP contribution is 2.30. The van der Waals surface area contributed by atoms with E-state index in [0.717, 1.165) is 109 Å². The van der Waals surface area contributed by atoms with Crippen molar-refractivity contribution in [2.75, 3.05) is 88.3 Å². The number of hydrogen-bond acceptors (Lipinski definition) is 9. The van der Waals surface area contributed by atoms with Gasteiger partial charge in [0, 0.05) is 142 Å². The molecule has 4 fully saturated rings. The Bertz CT molecular complexity index is 1950. The van der Waals surface area contributed by atoms with Crippen molar-refractivity contribution in [3.8, 4) is 0 Å². The second kappa shape index (κ2) is 18.3. The zero-order valence-corrected chi connectivity index (χ0v) is 33.7. The van der Waals surface area contributed by atoms with Crippen LogP contribution in [0.5, 0.6) is 0 Å². The van der Waals surface area contributed by atoms with Gasteiger partial charge < -0.3 is 29.2 Å². The average molecular weight is 787 g/mol. The summed E-state index contributed by atoms with van der Waals surface area (Å²) in [5, 5.41) is 3.06. The molecule has 4 aliphatic heterocycles. The van der Waals surface area contributed by atoms with E-state index in [0.29, 0.717) is 0 Å². The number of amides is 1. The molecule has 2 aromatic heterocycles. The number of piperazine rings is 2. The zero-order valence-electron chi connectivity index (χ0n) is 32.9. The van der Waals surface area contributed by atoms with Gasteiger partial charge in [0.25, 0.3) is 0 Å². The van der Waals surface area contributed by atoms with Crippen molar-refractivity contribution in [3.63, 3.8) is 0 Å². The summed E-state index contributed by atoms with van der Waals surface area (Å²) in [6, 6.07) is 15.3. The predicted octanol–water partition coefficient (Wildman–Crippen LogP) is 5.38. The summed E-state index contributed by atoms with van der Waals surface area (Å²) in [6.07, 6.45) is 10.5. The summed E-state index contributed by atoms with van der Waals surface area (Å²) in [4.78, 5) is 42.9. The molecule has 1 N–H and O–H groups in total. The SMILES string of the molecule is C.CC(=O)Cl.CC(=O)N1CCN(c2ccc3c(c2)nc2n3CCN(C3CCC3)CC2)CC1.c1cc2c(cc1N1CCNCC1)nc1n2CCN(C2CCC2)CC1. The molecule has 0 bridgehead atoms. The number of fused-ring (bicyclic) bond motifs is 6. The molecule has 2 saturated heterocycles. The molecule has 2 aromatic carbocycles. The Morgan fingerprint density at radius 2 is 1.07 bits per heavy atom. The van der Waals surface area contributed by atoms with E-state index in [2.05, 4.69) is 82.0 Å². The predicted molar refractivity (Wildman–Crippen MR) is 228 cm³/mol. The first-order valence-electron chi connectivity index (χ1n) is 20.9. The lowest BCUT2D eigenvalue weighted by Crippen LogP contribution is -2.48. The van der Waals surface area contributed by atoms with Crippen molar-refractivity contribution >= 4 is 56.2 Å². The summed E-state index contributed by atoms with van der Waals surface area (Å²) < 4.78 is 4.90. The molecule has 1 amide bonds. The van der Waals surface area contributed by atoms with Crippen LogP contribution in [0, 0.1) is 0 Å². The quantitative estimate of drug-likeness (QED) is 0.274. The maximum Gasteiger partial charge on any atom is 0.219 e. The van der Waals surface area contributed by atoms with Gasteiger partial charge in [0.1, 0.15) is 11.6 Å². The average Bonchev–Trinajstić information content (AvgIpc) is 3.51.